The van der Waals surface area contributed by atoms with Gasteiger partial charge in [0.2, 0.25) is 5.82 Å². The van der Waals surface area contributed by atoms with E-state index in [1.165, 1.54) is 0 Å². The molecule has 7 nitrogen and oxygen atoms in total. The van der Waals surface area contributed by atoms with Crippen LogP contribution in [0.5, 0.6) is 5.75 Å². The minimum Gasteiger partial charge on any atom is -0.493 e. The number of halogens is 3. The molecule has 0 radical (unpaired) electrons. The van der Waals surface area contributed by atoms with Crippen LogP contribution >= 0.6 is 0 Å². The molecule has 0 bridgehead atoms. The number of amides is 1. The Hall–Kier alpha value is -3.30. The average molecular weight is 408 g/mol. The number of rotatable bonds is 6. The van der Waals surface area contributed by atoms with Crippen LogP contribution in [0.15, 0.2) is 41.2 Å². The summed E-state index contributed by atoms with van der Waals surface area (Å²) < 4.78 is 45.2. The van der Waals surface area contributed by atoms with Crippen molar-refractivity contribution in [2.75, 3.05) is 13.2 Å². The Balaban J connectivity index is 1.80. The van der Waals surface area contributed by atoms with E-state index in [2.05, 4.69) is 10.4 Å². The van der Waals surface area contributed by atoms with Crippen LogP contribution in [-0.2, 0) is 19.8 Å². The summed E-state index contributed by atoms with van der Waals surface area (Å²) in [5, 5.41) is 7.47. The third kappa shape index (κ3) is 4.10. The highest BCUT2D eigenvalue weighted by Crippen LogP contribution is 2.28. The quantitative estimate of drug-likeness (QED) is 0.680. The van der Waals surface area contributed by atoms with E-state index in [0.717, 1.165) is 12.4 Å². The molecule has 0 unspecified atom stereocenters. The van der Waals surface area contributed by atoms with Crippen molar-refractivity contribution >= 4 is 16.7 Å². The molecular formula is C19H19F3N4O3. The molecule has 0 aliphatic rings. The van der Waals surface area contributed by atoms with E-state index < -0.39 is 23.6 Å². The zero-order valence-corrected chi connectivity index (χ0v) is 15.8. The summed E-state index contributed by atoms with van der Waals surface area (Å²) in [5.74, 6) is -1.34. The molecule has 0 saturated heterocycles. The number of nitrogens with zero attached hydrogens (tertiary/aromatic N) is 3. The number of hydrogen-bond acceptors (Lipinski definition) is 4. The van der Waals surface area contributed by atoms with E-state index in [9.17, 15) is 22.8 Å². The van der Waals surface area contributed by atoms with Gasteiger partial charge in [-0.3, -0.25) is 9.36 Å². The molecule has 29 heavy (non-hydrogen) atoms. The molecule has 1 N–H and O–H groups in total. The predicted molar refractivity (Wildman–Crippen MR) is 99.9 cm³/mol. The average Bonchev–Trinajstić information content (AvgIpc) is 2.96. The van der Waals surface area contributed by atoms with Crippen LogP contribution in [0.25, 0.3) is 10.8 Å². The van der Waals surface area contributed by atoms with Gasteiger partial charge in [0.05, 0.1) is 18.7 Å². The van der Waals surface area contributed by atoms with Gasteiger partial charge in [0.1, 0.15) is 5.75 Å². The van der Waals surface area contributed by atoms with Crippen molar-refractivity contribution in [2.24, 2.45) is 7.05 Å². The smallest absolute Gasteiger partial charge is 0.451 e. The molecular weight excluding hydrogens is 389 g/mol. The second-order valence-corrected chi connectivity index (χ2v) is 6.23. The van der Waals surface area contributed by atoms with E-state index in [4.69, 9.17) is 4.74 Å². The summed E-state index contributed by atoms with van der Waals surface area (Å²) in [5.41, 5.74) is -0.582. The first-order valence-corrected chi connectivity index (χ1v) is 8.87. The van der Waals surface area contributed by atoms with Crippen molar-refractivity contribution in [3.63, 3.8) is 0 Å². The van der Waals surface area contributed by atoms with Crippen molar-refractivity contribution in [2.45, 2.75) is 19.6 Å². The fourth-order valence-corrected chi connectivity index (χ4v) is 3.01. The first kappa shape index (κ1) is 20.4. The number of carbonyl (C=O) groups is 1. The molecule has 154 valence electrons. The molecule has 0 aliphatic carbocycles. The van der Waals surface area contributed by atoms with E-state index in [0.29, 0.717) is 32.6 Å². The lowest BCUT2D eigenvalue weighted by Gasteiger charge is -2.13. The van der Waals surface area contributed by atoms with Gasteiger partial charge in [0.25, 0.3) is 5.91 Å². The highest BCUT2D eigenvalue weighted by atomic mass is 19.4. The largest absolute Gasteiger partial charge is 0.493 e. The third-order valence-electron chi connectivity index (χ3n) is 4.32. The molecule has 1 amide bonds. The molecule has 0 fully saturated rings. The molecule has 0 atom stereocenters. The number of alkyl halides is 3. The van der Waals surface area contributed by atoms with Gasteiger partial charge in [-0.2, -0.15) is 13.2 Å². The molecule has 3 aromatic rings. The minimum atomic E-state index is -4.74. The monoisotopic (exact) mass is 408 g/mol. The molecule has 2 aromatic carbocycles. The number of ether oxygens (including phenoxy) is 1. The van der Waals surface area contributed by atoms with Crippen LogP contribution in [0.4, 0.5) is 13.2 Å². The highest BCUT2D eigenvalue weighted by Gasteiger charge is 2.37. The van der Waals surface area contributed by atoms with Crippen molar-refractivity contribution in [1.29, 1.82) is 0 Å². The first-order valence-electron chi connectivity index (χ1n) is 8.87. The Morgan fingerprint density at radius 2 is 1.93 bits per heavy atom. The molecule has 1 heterocycles. The van der Waals surface area contributed by atoms with Gasteiger partial charge in [0.15, 0.2) is 0 Å². The second kappa shape index (κ2) is 7.98. The zero-order valence-electron chi connectivity index (χ0n) is 15.8. The summed E-state index contributed by atoms with van der Waals surface area (Å²) in [6.45, 7) is 1.87. The first-order chi connectivity index (χ1) is 13.7. The SMILES string of the molecule is CCOc1ccc2ccccc2c1C(=O)NCCn1nc(C(F)(F)F)n(C)c1=O. The lowest BCUT2D eigenvalue weighted by Crippen LogP contribution is -2.32. The standard InChI is InChI=1S/C19H19F3N4O3/c1-3-29-14-9-8-12-6-4-5-7-13(12)15(14)16(27)23-10-11-26-18(28)25(2)17(24-26)19(20,21)22/h4-9H,3,10-11H2,1-2H3,(H,23,27). The van der Waals surface area contributed by atoms with Crippen LogP contribution in [0.1, 0.15) is 23.1 Å². The minimum absolute atomic E-state index is 0.0815. The van der Waals surface area contributed by atoms with Gasteiger partial charge in [-0.05, 0) is 23.8 Å². The maximum Gasteiger partial charge on any atom is 0.451 e. The van der Waals surface area contributed by atoms with E-state index >= 15 is 0 Å². The van der Waals surface area contributed by atoms with Gasteiger partial charge < -0.3 is 10.1 Å². The van der Waals surface area contributed by atoms with Crippen molar-refractivity contribution < 1.29 is 22.7 Å². The number of benzene rings is 2. The van der Waals surface area contributed by atoms with Gasteiger partial charge in [0, 0.05) is 13.6 Å². The Morgan fingerprint density at radius 3 is 2.59 bits per heavy atom. The highest BCUT2D eigenvalue weighted by molar-refractivity contribution is 6.09. The van der Waals surface area contributed by atoms with Crippen LogP contribution in [0.2, 0.25) is 0 Å². The fourth-order valence-electron chi connectivity index (χ4n) is 3.01. The van der Waals surface area contributed by atoms with Crippen molar-refractivity contribution in [1.82, 2.24) is 19.7 Å². The molecule has 1 aromatic heterocycles. The Morgan fingerprint density at radius 1 is 1.21 bits per heavy atom. The van der Waals surface area contributed by atoms with Crippen molar-refractivity contribution in [3.8, 4) is 5.75 Å². The summed E-state index contributed by atoms with van der Waals surface area (Å²) in [6, 6.07) is 10.8. The van der Waals surface area contributed by atoms with Crippen LogP contribution in [-0.4, -0.2) is 33.4 Å². The Kier molecular flexibility index (Phi) is 5.62. The second-order valence-electron chi connectivity index (χ2n) is 6.23. The topological polar surface area (TPSA) is 78.2 Å². The molecule has 3 rings (SSSR count). The van der Waals surface area contributed by atoms with Gasteiger partial charge in [-0.25, -0.2) is 9.48 Å². The van der Waals surface area contributed by atoms with E-state index in [-0.39, 0.29) is 13.1 Å². The number of aromatic nitrogens is 3. The number of fused-ring (bicyclic) bond motifs is 1. The van der Waals surface area contributed by atoms with Crippen LogP contribution < -0.4 is 15.7 Å². The molecule has 0 spiro atoms. The summed E-state index contributed by atoms with van der Waals surface area (Å²) in [4.78, 5) is 24.7. The van der Waals surface area contributed by atoms with Gasteiger partial charge in [-0.15, -0.1) is 5.10 Å². The van der Waals surface area contributed by atoms with E-state index in [1.54, 1.807) is 25.1 Å². The van der Waals surface area contributed by atoms with Crippen molar-refractivity contribution in [3.05, 3.63) is 58.3 Å². The summed E-state index contributed by atoms with van der Waals surface area (Å²) in [7, 11) is 0.998. The molecule has 0 saturated carbocycles. The number of carbonyl (C=O) groups excluding carboxylic acids is 1. The summed E-state index contributed by atoms with van der Waals surface area (Å²) >= 11 is 0. The maximum atomic E-state index is 12.9. The molecule has 10 heteroatoms. The third-order valence-corrected chi connectivity index (χ3v) is 4.32. The van der Waals surface area contributed by atoms with Crippen LogP contribution in [0, 0.1) is 0 Å². The lowest BCUT2D eigenvalue weighted by molar-refractivity contribution is -0.147. The maximum absolute atomic E-state index is 12.9. The zero-order chi connectivity index (χ0) is 21.2. The predicted octanol–water partition coefficient (Wildman–Crippen LogP) is 2.58. The Bertz CT molecular complexity index is 1100. The fraction of sp³-hybridized carbons (Fsp3) is 0.316. The van der Waals surface area contributed by atoms with Crippen LogP contribution in [0.3, 0.4) is 0 Å². The van der Waals surface area contributed by atoms with E-state index in [1.807, 2.05) is 18.2 Å². The summed E-state index contributed by atoms with van der Waals surface area (Å²) in [6.07, 6.45) is -4.74. The van der Waals surface area contributed by atoms with Gasteiger partial charge in [-0.1, -0.05) is 30.3 Å². The number of nitrogens with one attached hydrogen (secondary N) is 1. The Labute approximate surface area is 163 Å². The molecule has 0 aliphatic heterocycles. The van der Waals surface area contributed by atoms with Gasteiger partial charge >= 0.3 is 11.9 Å². The number of hydrogen-bond donors (Lipinski definition) is 1. The lowest BCUT2D eigenvalue weighted by atomic mass is 10.0. The normalized spacial score (nSPS) is 11.6.